The first-order valence-corrected chi connectivity index (χ1v) is 8.33. The highest BCUT2D eigenvalue weighted by molar-refractivity contribution is 6.34. The van der Waals surface area contributed by atoms with Gasteiger partial charge in [0.2, 0.25) is 0 Å². The van der Waals surface area contributed by atoms with Crippen LogP contribution in [0.4, 0.5) is 0 Å². The molecule has 0 fully saturated rings. The zero-order chi connectivity index (χ0) is 18.6. The molecule has 0 saturated carbocycles. The van der Waals surface area contributed by atoms with Gasteiger partial charge in [-0.15, -0.1) is 0 Å². The lowest BCUT2D eigenvalue weighted by Crippen LogP contribution is -2.40. The third-order valence-electron chi connectivity index (χ3n) is 4.27. The molecule has 0 aromatic heterocycles. The number of hydrogen-bond donors (Lipinski definition) is 1. The largest absolute Gasteiger partial charge is 0.349 e. The highest BCUT2D eigenvalue weighted by atomic mass is 35.5. The van der Waals surface area contributed by atoms with Crippen LogP contribution in [0.2, 0.25) is 5.02 Å². The fourth-order valence-corrected chi connectivity index (χ4v) is 2.83. The number of halogens is 1. The maximum Gasteiger partial charge on any atom is 0.253 e. The maximum atomic E-state index is 12.6. The quantitative estimate of drug-likeness (QED) is 0.819. The number of hydrogen-bond acceptors (Lipinski definition) is 3. The molecule has 2 aromatic rings. The third-order valence-corrected chi connectivity index (χ3v) is 4.58. The number of carbonyl (C=O) groups is 2. The number of benzene rings is 2. The Bertz CT molecular complexity index is 818. The van der Waals surface area contributed by atoms with Crippen LogP contribution in [-0.2, 0) is 0 Å². The van der Waals surface area contributed by atoms with E-state index in [1.165, 1.54) is 0 Å². The Balaban J connectivity index is 2.11. The molecule has 128 valence electrons. The Kier molecular flexibility index (Phi) is 5.95. The first kappa shape index (κ1) is 18.7. The standard InChI is InChI=1S/C20H19ClN2O2/c1-12-5-4-6-17(21)18(12)20(25)23-14(3)13(2)19(24)16-9-7-15(11-22)8-10-16/h4-10,13-14H,1-3H3,(H,23,25). The maximum absolute atomic E-state index is 12.6. The van der Waals surface area contributed by atoms with Gasteiger partial charge in [-0.05, 0) is 37.6 Å². The molecule has 0 bridgehead atoms. The van der Waals surface area contributed by atoms with E-state index in [1.54, 1.807) is 50.2 Å². The van der Waals surface area contributed by atoms with E-state index in [-0.39, 0.29) is 17.7 Å². The molecular weight excluding hydrogens is 336 g/mol. The summed E-state index contributed by atoms with van der Waals surface area (Å²) in [5.74, 6) is -0.803. The third kappa shape index (κ3) is 4.26. The van der Waals surface area contributed by atoms with Crippen molar-refractivity contribution in [2.45, 2.75) is 26.8 Å². The van der Waals surface area contributed by atoms with Crippen molar-refractivity contribution in [3.8, 4) is 6.07 Å². The number of ketones is 1. The van der Waals surface area contributed by atoms with Crippen molar-refractivity contribution >= 4 is 23.3 Å². The van der Waals surface area contributed by atoms with Gasteiger partial charge in [-0.3, -0.25) is 9.59 Å². The van der Waals surface area contributed by atoms with E-state index in [9.17, 15) is 9.59 Å². The molecule has 0 aliphatic carbocycles. The predicted molar refractivity (Wildman–Crippen MR) is 97.8 cm³/mol. The average molecular weight is 355 g/mol. The first-order valence-electron chi connectivity index (χ1n) is 7.95. The van der Waals surface area contributed by atoms with E-state index in [1.807, 2.05) is 19.1 Å². The number of nitriles is 1. The van der Waals surface area contributed by atoms with Crippen LogP contribution in [-0.4, -0.2) is 17.7 Å². The lowest BCUT2D eigenvalue weighted by Gasteiger charge is -2.21. The molecule has 2 rings (SSSR count). The fourth-order valence-electron chi connectivity index (χ4n) is 2.52. The summed E-state index contributed by atoms with van der Waals surface area (Å²) in [7, 11) is 0. The van der Waals surface area contributed by atoms with Crippen LogP contribution >= 0.6 is 11.6 Å². The number of amides is 1. The summed E-state index contributed by atoms with van der Waals surface area (Å²) in [4.78, 5) is 25.1. The topological polar surface area (TPSA) is 70.0 Å². The van der Waals surface area contributed by atoms with Crippen LogP contribution < -0.4 is 5.32 Å². The van der Waals surface area contributed by atoms with Crippen LogP contribution in [0.5, 0.6) is 0 Å². The molecule has 0 aliphatic heterocycles. The summed E-state index contributed by atoms with van der Waals surface area (Å²) in [6, 6.07) is 13.4. The Hall–Kier alpha value is -2.64. The van der Waals surface area contributed by atoms with E-state index in [0.717, 1.165) is 5.56 Å². The summed E-state index contributed by atoms with van der Waals surface area (Å²) < 4.78 is 0. The molecule has 5 heteroatoms. The molecule has 2 aromatic carbocycles. The number of nitrogens with zero attached hydrogens (tertiary/aromatic N) is 1. The van der Waals surface area contributed by atoms with E-state index in [4.69, 9.17) is 16.9 Å². The van der Waals surface area contributed by atoms with E-state index < -0.39 is 5.92 Å². The fraction of sp³-hybridized carbons (Fsp3) is 0.250. The van der Waals surface area contributed by atoms with Gasteiger partial charge in [0.1, 0.15) is 0 Å². The SMILES string of the molecule is Cc1cccc(Cl)c1C(=O)NC(C)C(C)C(=O)c1ccc(C#N)cc1. The van der Waals surface area contributed by atoms with Crippen molar-refractivity contribution in [2.75, 3.05) is 0 Å². The van der Waals surface area contributed by atoms with Gasteiger partial charge in [0.15, 0.2) is 5.78 Å². The van der Waals surface area contributed by atoms with Gasteiger partial charge in [0, 0.05) is 17.5 Å². The first-order chi connectivity index (χ1) is 11.8. The Morgan fingerprint density at radius 1 is 1.12 bits per heavy atom. The van der Waals surface area contributed by atoms with Gasteiger partial charge in [-0.1, -0.05) is 42.8 Å². The predicted octanol–water partition coefficient (Wildman–Crippen LogP) is 4.16. The van der Waals surface area contributed by atoms with Crippen molar-refractivity contribution < 1.29 is 9.59 Å². The molecule has 2 atom stereocenters. The van der Waals surface area contributed by atoms with Gasteiger partial charge in [0.25, 0.3) is 5.91 Å². The number of nitrogens with one attached hydrogen (secondary N) is 1. The van der Waals surface area contributed by atoms with Crippen molar-refractivity contribution in [3.63, 3.8) is 0 Å². The average Bonchev–Trinajstić information content (AvgIpc) is 2.60. The highest BCUT2D eigenvalue weighted by Gasteiger charge is 2.24. The molecule has 2 unspecified atom stereocenters. The lowest BCUT2D eigenvalue weighted by atomic mass is 9.92. The molecule has 25 heavy (non-hydrogen) atoms. The second kappa shape index (κ2) is 7.96. The van der Waals surface area contributed by atoms with Crippen LogP contribution in [0.25, 0.3) is 0 Å². The minimum atomic E-state index is -0.417. The van der Waals surface area contributed by atoms with Gasteiger partial charge in [-0.25, -0.2) is 0 Å². The second-order valence-corrected chi connectivity index (χ2v) is 6.44. The van der Waals surface area contributed by atoms with Crippen molar-refractivity contribution in [2.24, 2.45) is 5.92 Å². The van der Waals surface area contributed by atoms with Crippen LogP contribution in [0.1, 0.15) is 45.7 Å². The van der Waals surface area contributed by atoms with Crippen LogP contribution in [0.3, 0.4) is 0 Å². The molecule has 4 nitrogen and oxygen atoms in total. The van der Waals surface area contributed by atoms with Gasteiger partial charge in [-0.2, -0.15) is 5.26 Å². The number of aryl methyl sites for hydroxylation is 1. The zero-order valence-electron chi connectivity index (χ0n) is 14.3. The molecule has 0 spiro atoms. The summed E-state index contributed by atoms with van der Waals surface area (Å²) >= 11 is 6.12. The van der Waals surface area contributed by atoms with E-state index in [2.05, 4.69) is 5.32 Å². The monoisotopic (exact) mass is 354 g/mol. The van der Waals surface area contributed by atoms with Crippen molar-refractivity contribution in [3.05, 3.63) is 69.7 Å². The minimum absolute atomic E-state index is 0.0897. The molecule has 0 saturated heterocycles. The van der Waals surface area contributed by atoms with Crippen molar-refractivity contribution in [1.29, 1.82) is 5.26 Å². The smallest absolute Gasteiger partial charge is 0.253 e. The molecular formula is C20H19ClN2O2. The number of rotatable bonds is 5. The minimum Gasteiger partial charge on any atom is -0.349 e. The molecule has 0 aliphatic rings. The lowest BCUT2D eigenvalue weighted by molar-refractivity contribution is 0.0868. The normalized spacial score (nSPS) is 12.8. The molecule has 0 radical (unpaired) electrons. The Labute approximate surface area is 152 Å². The molecule has 1 amide bonds. The Morgan fingerprint density at radius 2 is 1.76 bits per heavy atom. The Morgan fingerprint density at radius 3 is 2.32 bits per heavy atom. The number of Topliss-reactive ketones (excluding diaryl/α,β-unsaturated/α-hetero) is 1. The van der Waals surface area contributed by atoms with Crippen molar-refractivity contribution in [1.82, 2.24) is 5.32 Å². The molecule has 0 heterocycles. The van der Waals surface area contributed by atoms with E-state index in [0.29, 0.717) is 21.7 Å². The second-order valence-electron chi connectivity index (χ2n) is 6.04. The summed E-state index contributed by atoms with van der Waals surface area (Å²) in [6.07, 6.45) is 0. The molecule has 1 N–H and O–H groups in total. The van der Waals surface area contributed by atoms with Gasteiger partial charge < -0.3 is 5.32 Å². The zero-order valence-corrected chi connectivity index (χ0v) is 15.1. The number of carbonyl (C=O) groups excluding carboxylic acids is 2. The summed E-state index contributed by atoms with van der Waals surface area (Å²) in [5, 5.41) is 12.1. The van der Waals surface area contributed by atoms with Crippen LogP contribution in [0.15, 0.2) is 42.5 Å². The summed E-state index contributed by atoms with van der Waals surface area (Å²) in [5.41, 5.74) is 2.22. The summed E-state index contributed by atoms with van der Waals surface area (Å²) in [6.45, 7) is 5.37. The highest BCUT2D eigenvalue weighted by Crippen LogP contribution is 2.20. The van der Waals surface area contributed by atoms with Crippen LogP contribution in [0, 0.1) is 24.2 Å². The van der Waals surface area contributed by atoms with Gasteiger partial charge >= 0.3 is 0 Å². The van der Waals surface area contributed by atoms with E-state index >= 15 is 0 Å². The van der Waals surface area contributed by atoms with Gasteiger partial charge in [0.05, 0.1) is 22.2 Å².